The van der Waals surface area contributed by atoms with Crippen LogP contribution in [0, 0.1) is 26.1 Å². The van der Waals surface area contributed by atoms with Crippen molar-refractivity contribution < 1.29 is 9.85 Å². The Balaban J connectivity index is 2.45. The van der Waals surface area contributed by atoms with Crippen molar-refractivity contribution in [2.45, 2.75) is 19.3 Å². The highest BCUT2D eigenvalue weighted by molar-refractivity contribution is 5.52. The second-order valence-corrected chi connectivity index (χ2v) is 4.08. The largest absolute Gasteiger partial charge is 0.279 e. The average Bonchev–Trinajstić information content (AvgIpc) is 2.94. The normalized spacial score (nSPS) is 22.8. The number of rotatable bonds is 3. The van der Waals surface area contributed by atoms with Crippen molar-refractivity contribution in [2.75, 3.05) is 0 Å². The molecule has 2 rings (SSSR count). The van der Waals surface area contributed by atoms with Crippen LogP contribution in [0.4, 0.5) is 11.4 Å². The number of benzene rings is 1. The molecule has 0 spiro atoms. The first-order valence-corrected chi connectivity index (χ1v) is 4.93. The smallest absolute Gasteiger partial charge is 0.258 e. The minimum absolute atomic E-state index is 0.136. The summed E-state index contributed by atoms with van der Waals surface area (Å²) in [7, 11) is 0. The Labute approximate surface area is 91.2 Å². The van der Waals surface area contributed by atoms with Crippen molar-refractivity contribution in [3.63, 3.8) is 0 Å². The van der Waals surface area contributed by atoms with Crippen LogP contribution in [0.5, 0.6) is 0 Å². The van der Waals surface area contributed by atoms with Crippen LogP contribution in [0.2, 0.25) is 0 Å². The van der Waals surface area contributed by atoms with Gasteiger partial charge in [-0.3, -0.25) is 20.2 Å². The minimum atomic E-state index is -0.618. The van der Waals surface area contributed by atoms with E-state index in [0.29, 0.717) is 11.5 Å². The molecular formula is C10H10N2O4. The number of nitrogens with zero attached hydrogens (tertiary/aromatic N) is 2. The Morgan fingerprint density at radius 2 is 1.88 bits per heavy atom. The topological polar surface area (TPSA) is 86.3 Å². The van der Waals surface area contributed by atoms with Crippen LogP contribution in [0.3, 0.4) is 0 Å². The Hall–Kier alpha value is -1.98. The van der Waals surface area contributed by atoms with Crippen molar-refractivity contribution in [1.29, 1.82) is 0 Å². The maximum atomic E-state index is 10.8. The summed E-state index contributed by atoms with van der Waals surface area (Å²) in [4.78, 5) is 20.2. The van der Waals surface area contributed by atoms with Crippen LogP contribution >= 0.6 is 0 Å². The van der Waals surface area contributed by atoms with Crippen LogP contribution in [-0.4, -0.2) is 9.85 Å². The van der Waals surface area contributed by atoms with E-state index in [-0.39, 0.29) is 17.3 Å². The lowest BCUT2D eigenvalue weighted by atomic mass is 10.1. The van der Waals surface area contributed by atoms with E-state index in [4.69, 9.17) is 0 Å². The molecule has 0 aliphatic heterocycles. The molecule has 1 fully saturated rings. The number of hydrogen-bond donors (Lipinski definition) is 0. The fourth-order valence-corrected chi connectivity index (χ4v) is 1.87. The monoisotopic (exact) mass is 222 g/mol. The predicted octanol–water partition coefficient (Wildman–Crippen LogP) is 2.63. The molecule has 1 saturated carbocycles. The first-order valence-electron chi connectivity index (χ1n) is 4.93. The van der Waals surface area contributed by atoms with E-state index >= 15 is 0 Å². The first-order chi connectivity index (χ1) is 7.50. The zero-order valence-corrected chi connectivity index (χ0v) is 8.62. The molecule has 2 atom stereocenters. The lowest BCUT2D eigenvalue weighted by molar-refractivity contribution is -0.394. The van der Waals surface area contributed by atoms with Gasteiger partial charge in [-0.15, -0.1) is 0 Å². The van der Waals surface area contributed by atoms with Crippen LogP contribution < -0.4 is 0 Å². The zero-order valence-electron chi connectivity index (χ0n) is 8.62. The minimum Gasteiger partial charge on any atom is -0.258 e. The van der Waals surface area contributed by atoms with Gasteiger partial charge >= 0.3 is 0 Å². The van der Waals surface area contributed by atoms with Gasteiger partial charge in [0.1, 0.15) is 0 Å². The SMILES string of the molecule is C[C@H]1C[C@@H]1c1ccc([N+](=O)[O-])cc1[N+](=O)[O-]. The summed E-state index contributed by atoms with van der Waals surface area (Å²) in [6, 6.07) is 3.87. The fraction of sp³-hybridized carbons (Fsp3) is 0.400. The Kier molecular flexibility index (Phi) is 2.34. The molecule has 1 aromatic rings. The van der Waals surface area contributed by atoms with Crippen LogP contribution in [0.1, 0.15) is 24.8 Å². The highest BCUT2D eigenvalue weighted by Crippen LogP contribution is 2.50. The summed E-state index contributed by atoms with van der Waals surface area (Å²) < 4.78 is 0. The van der Waals surface area contributed by atoms with Gasteiger partial charge in [0.15, 0.2) is 0 Å². The van der Waals surface area contributed by atoms with Crippen molar-refractivity contribution in [2.24, 2.45) is 5.92 Å². The van der Waals surface area contributed by atoms with E-state index in [1.54, 1.807) is 0 Å². The molecule has 0 heterocycles. The van der Waals surface area contributed by atoms with Gasteiger partial charge in [0.25, 0.3) is 11.4 Å². The second kappa shape index (κ2) is 3.55. The quantitative estimate of drug-likeness (QED) is 0.581. The van der Waals surface area contributed by atoms with Crippen molar-refractivity contribution in [3.05, 3.63) is 44.0 Å². The predicted molar refractivity (Wildman–Crippen MR) is 56.3 cm³/mol. The summed E-state index contributed by atoms with van der Waals surface area (Å²) >= 11 is 0. The molecule has 1 aliphatic rings. The van der Waals surface area contributed by atoms with Gasteiger partial charge in [0.2, 0.25) is 0 Å². The van der Waals surface area contributed by atoms with E-state index < -0.39 is 9.85 Å². The van der Waals surface area contributed by atoms with Gasteiger partial charge in [-0.25, -0.2) is 0 Å². The highest BCUT2D eigenvalue weighted by atomic mass is 16.6. The molecule has 1 aromatic carbocycles. The third-order valence-electron chi connectivity index (χ3n) is 2.93. The number of non-ortho nitro benzene ring substituents is 1. The third kappa shape index (κ3) is 1.73. The van der Waals surface area contributed by atoms with Crippen molar-refractivity contribution in [3.8, 4) is 0 Å². The summed E-state index contributed by atoms with van der Waals surface area (Å²) in [5.41, 5.74) is 0.246. The summed E-state index contributed by atoms with van der Waals surface area (Å²) in [5.74, 6) is 0.612. The lowest BCUT2D eigenvalue weighted by Crippen LogP contribution is -1.97. The molecular weight excluding hydrogens is 212 g/mol. The number of nitro benzene ring substituents is 2. The molecule has 84 valence electrons. The maximum Gasteiger partial charge on any atom is 0.279 e. The zero-order chi connectivity index (χ0) is 11.9. The molecule has 6 heteroatoms. The Bertz CT molecular complexity index is 472. The first kappa shape index (κ1) is 10.5. The molecule has 6 nitrogen and oxygen atoms in total. The number of hydrogen-bond acceptors (Lipinski definition) is 4. The van der Waals surface area contributed by atoms with E-state index in [1.807, 2.05) is 6.92 Å². The van der Waals surface area contributed by atoms with Crippen molar-refractivity contribution in [1.82, 2.24) is 0 Å². The standard InChI is InChI=1S/C10H10N2O4/c1-6-4-9(6)8-3-2-7(11(13)14)5-10(8)12(15)16/h2-3,5-6,9H,4H2,1H3/t6-,9-/m0/s1. The Morgan fingerprint density at radius 3 is 2.31 bits per heavy atom. The summed E-state index contributed by atoms with van der Waals surface area (Å²) in [6.07, 6.45) is 0.915. The van der Waals surface area contributed by atoms with Gasteiger partial charge < -0.3 is 0 Å². The van der Waals surface area contributed by atoms with E-state index in [9.17, 15) is 20.2 Å². The molecule has 0 amide bonds. The molecule has 0 radical (unpaired) electrons. The lowest BCUT2D eigenvalue weighted by Gasteiger charge is -2.00. The molecule has 0 N–H and O–H groups in total. The third-order valence-corrected chi connectivity index (χ3v) is 2.93. The van der Waals surface area contributed by atoms with Gasteiger partial charge in [-0.05, 0) is 24.3 Å². The van der Waals surface area contributed by atoms with Crippen LogP contribution in [0.15, 0.2) is 18.2 Å². The molecule has 0 bridgehead atoms. The van der Waals surface area contributed by atoms with Gasteiger partial charge in [-0.1, -0.05) is 6.92 Å². The number of nitro groups is 2. The fourth-order valence-electron chi connectivity index (χ4n) is 1.87. The molecule has 0 unspecified atom stereocenters. The van der Waals surface area contributed by atoms with E-state index in [2.05, 4.69) is 0 Å². The molecule has 16 heavy (non-hydrogen) atoms. The van der Waals surface area contributed by atoms with Gasteiger partial charge in [-0.2, -0.15) is 0 Å². The second-order valence-electron chi connectivity index (χ2n) is 4.08. The average molecular weight is 222 g/mol. The molecule has 0 aromatic heterocycles. The molecule has 1 aliphatic carbocycles. The summed E-state index contributed by atoms with van der Waals surface area (Å²) in [6.45, 7) is 2.01. The van der Waals surface area contributed by atoms with Crippen molar-refractivity contribution >= 4 is 11.4 Å². The van der Waals surface area contributed by atoms with Gasteiger partial charge in [0.05, 0.1) is 15.9 Å². The van der Waals surface area contributed by atoms with E-state index in [0.717, 1.165) is 12.5 Å². The van der Waals surface area contributed by atoms with Crippen LogP contribution in [0.25, 0.3) is 0 Å². The summed E-state index contributed by atoms with van der Waals surface area (Å²) in [5, 5.41) is 21.3. The Morgan fingerprint density at radius 1 is 1.25 bits per heavy atom. The molecule has 0 saturated heterocycles. The highest BCUT2D eigenvalue weighted by Gasteiger charge is 2.39. The van der Waals surface area contributed by atoms with E-state index in [1.165, 1.54) is 12.1 Å². The van der Waals surface area contributed by atoms with Crippen LogP contribution in [-0.2, 0) is 0 Å². The maximum absolute atomic E-state index is 10.8. The van der Waals surface area contributed by atoms with Gasteiger partial charge in [0, 0.05) is 11.6 Å².